The van der Waals surface area contributed by atoms with Crippen LogP contribution >= 0.6 is 0 Å². The molecule has 1 aliphatic rings. The lowest BCUT2D eigenvalue weighted by Gasteiger charge is -2.33. The fraction of sp³-hybridized carbons (Fsp3) is 0.600. The predicted molar refractivity (Wildman–Crippen MR) is 75.3 cm³/mol. The van der Waals surface area contributed by atoms with Crippen molar-refractivity contribution in [3.63, 3.8) is 0 Å². The first kappa shape index (κ1) is 13.4. The molecule has 1 fully saturated rings. The van der Waals surface area contributed by atoms with Gasteiger partial charge in [0.05, 0.1) is 6.10 Å². The van der Waals surface area contributed by atoms with Gasteiger partial charge in [0, 0.05) is 18.3 Å². The molecule has 2 atom stereocenters. The normalized spacial score (nSPS) is 22.9. The maximum atomic E-state index is 10.2. The van der Waals surface area contributed by atoms with Crippen molar-refractivity contribution in [1.29, 1.82) is 0 Å². The topological polar surface area (TPSA) is 49.5 Å². The number of nitrogen functional groups attached to an aromatic ring is 1. The highest BCUT2D eigenvalue weighted by atomic mass is 16.3. The van der Waals surface area contributed by atoms with Crippen LogP contribution in [0, 0.1) is 0 Å². The molecule has 0 aromatic heterocycles. The van der Waals surface area contributed by atoms with Gasteiger partial charge in [-0.05, 0) is 50.4 Å². The van der Waals surface area contributed by atoms with Crippen molar-refractivity contribution in [3.05, 3.63) is 29.8 Å². The highest BCUT2D eigenvalue weighted by Gasteiger charge is 2.19. The average Bonchev–Trinajstić information content (AvgIpc) is 2.38. The van der Waals surface area contributed by atoms with Gasteiger partial charge in [-0.25, -0.2) is 0 Å². The molecular formula is C15H24N2O. The van der Waals surface area contributed by atoms with E-state index in [2.05, 4.69) is 11.8 Å². The standard InChI is InChI=1S/C15H24N2O/c1-12-4-2-3-10-17(12)11-9-15(18)13-5-7-14(16)8-6-13/h5-8,12,15,18H,2-4,9-11,16H2,1H3. The Hall–Kier alpha value is -1.06. The molecule has 1 saturated heterocycles. The van der Waals surface area contributed by atoms with Crippen LogP contribution in [0.3, 0.4) is 0 Å². The second-order valence-electron chi connectivity index (χ2n) is 5.35. The van der Waals surface area contributed by atoms with E-state index in [9.17, 15) is 5.11 Å². The van der Waals surface area contributed by atoms with E-state index in [-0.39, 0.29) is 6.10 Å². The van der Waals surface area contributed by atoms with E-state index in [1.807, 2.05) is 24.3 Å². The smallest absolute Gasteiger partial charge is 0.0802 e. The molecule has 18 heavy (non-hydrogen) atoms. The number of aliphatic hydroxyl groups excluding tert-OH is 1. The van der Waals surface area contributed by atoms with Crippen molar-refractivity contribution in [2.24, 2.45) is 0 Å². The Labute approximate surface area is 110 Å². The van der Waals surface area contributed by atoms with E-state index in [1.54, 1.807) is 0 Å². The molecule has 0 radical (unpaired) electrons. The Balaban J connectivity index is 1.83. The molecule has 3 nitrogen and oxygen atoms in total. The lowest BCUT2D eigenvalue weighted by Crippen LogP contribution is -2.38. The quantitative estimate of drug-likeness (QED) is 0.805. The first-order chi connectivity index (χ1) is 8.66. The van der Waals surface area contributed by atoms with E-state index < -0.39 is 0 Å². The molecule has 0 saturated carbocycles. The number of rotatable bonds is 4. The Bertz CT molecular complexity index is 363. The highest BCUT2D eigenvalue weighted by Crippen LogP contribution is 2.21. The SMILES string of the molecule is CC1CCCCN1CCC(O)c1ccc(N)cc1. The number of benzene rings is 1. The van der Waals surface area contributed by atoms with Gasteiger partial charge in [0.25, 0.3) is 0 Å². The highest BCUT2D eigenvalue weighted by molar-refractivity contribution is 5.39. The minimum atomic E-state index is -0.375. The van der Waals surface area contributed by atoms with Crippen LogP contribution in [0.15, 0.2) is 24.3 Å². The van der Waals surface area contributed by atoms with Gasteiger partial charge in [-0.15, -0.1) is 0 Å². The first-order valence-electron chi connectivity index (χ1n) is 6.94. The van der Waals surface area contributed by atoms with Crippen molar-refractivity contribution >= 4 is 5.69 Å². The van der Waals surface area contributed by atoms with Gasteiger partial charge < -0.3 is 15.7 Å². The lowest BCUT2D eigenvalue weighted by atomic mass is 10.0. The maximum absolute atomic E-state index is 10.2. The molecule has 0 bridgehead atoms. The number of nitrogens with zero attached hydrogens (tertiary/aromatic N) is 1. The van der Waals surface area contributed by atoms with E-state index in [4.69, 9.17) is 5.73 Å². The fourth-order valence-electron chi connectivity index (χ4n) is 2.66. The summed E-state index contributed by atoms with van der Waals surface area (Å²) in [5.74, 6) is 0. The van der Waals surface area contributed by atoms with E-state index in [1.165, 1.54) is 25.8 Å². The van der Waals surface area contributed by atoms with Crippen LogP contribution in [-0.4, -0.2) is 29.1 Å². The molecule has 1 aromatic rings. The largest absolute Gasteiger partial charge is 0.399 e. The minimum Gasteiger partial charge on any atom is -0.399 e. The molecule has 2 rings (SSSR count). The second-order valence-corrected chi connectivity index (χ2v) is 5.35. The lowest BCUT2D eigenvalue weighted by molar-refractivity contribution is 0.109. The molecule has 1 heterocycles. The zero-order valence-electron chi connectivity index (χ0n) is 11.2. The number of piperidine rings is 1. The van der Waals surface area contributed by atoms with Crippen molar-refractivity contribution in [2.45, 2.75) is 44.8 Å². The molecule has 3 heteroatoms. The summed E-state index contributed by atoms with van der Waals surface area (Å²) in [6.45, 7) is 4.44. The third-order valence-electron chi connectivity index (χ3n) is 3.95. The monoisotopic (exact) mass is 248 g/mol. The maximum Gasteiger partial charge on any atom is 0.0802 e. The van der Waals surface area contributed by atoms with Crippen LogP contribution in [0.2, 0.25) is 0 Å². The number of anilines is 1. The second kappa shape index (κ2) is 6.21. The molecule has 1 aromatic carbocycles. The number of nitrogens with two attached hydrogens (primary N) is 1. The van der Waals surface area contributed by atoms with Gasteiger partial charge in [0.1, 0.15) is 0 Å². The van der Waals surface area contributed by atoms with E-state index in [0.29, 0.717) is 6.04 Å². The Morgan fingerprint density at radius 1 is 1.33 bits per heavy atom. The number of aliphatic hydroxyl groups is 1. The number of hydrogen-bond acceptors (Lipinski definition) is 3. The summed E-state index contributed by atoms with van der Waals surface area (Å²) < 4.78 is 0. The van der Waals surface area contributed by atoms with Gasteiger partial charge in [-0.3, -0.25) is 0 Å². The Kier molecular flexibility index (Phi) is 4.61. The van der Waals surface area contributed by atoms with Gasteiger partial charge in [-0.1, -0.05) is 18.6 Å². The van der Waals surface area contributed by atoms with Gasteiger partial charge in [0.15, 0.2) is 0 Å². The third kappa shape index (κ3) is 3.47. The van der Waals surface area contributed by atoms with Crippen LogP contribution in [0.1, 0.15) is 44.3 Å². The summed E-state index contributed by atoms with van der Waals surface area (Å²) >= 11 is 0. The van der Waals surface area contributed by atoms with Crippen molar-refractivity contribution < 1.29 is 5.11 Å². The summed E-state index contributed by atoms with van der Waals surface area (Å²) in [6.07, 6.45) is 4.35. The van der Waals surface area contributed by atoms with Gasteiger partial charge in [0.2, 0.25) is 0 Å². The molecule has 0 spiro atoms. The van der Waals surface area contributed by atoms with Gasteiger partial charge >= 0.3 is 0 Å². The summed E-state index contributed by atoms with van der Waals surface area (Å²) in [6, 6.07) is 8.20. The predicted octanol–water partition coefficient (Wildman–Crippen LogP) is 2.57. The van der Waals surface area contributed by atoms with E-state index >= 15 is 0 Å². The third-order valence-corrected chi connectivity index (χ3v) is 3.95. The zero-order chi connectivity index (χ0) is 13.0. The molecule has 0 amide bonds. The Morgan fingerprint density at radius 2 is 2.06 bits per heavy atom. The molecule has 3 N–H and O–H groups in total. The van der Waals surface area contributed by atoms with Crippen molar-refractivity contribution in [1.82, 2.24) is 4.90 Å². The zero-order valence-corrected chi connectivity index (χ0v) is 11.2. The first-order valence-corrected chi connectivity index (χ1v) is 6.94. The van der Waals surface area contributed by atoms with E-state index in [0.717, 1.165) is 24.2 Å². The Morgan fingerprint density at radius 3 is 2.72 bits per heavy atom. The summed E-state index contributed by atoms with van der Waals surface area (Å²) in [7, 11) is 0. The summed E-state index contributed by atoms with van der Waals surface area (Å²) in [5, 5.41) is 10.2. The van der Waals surface area contributed by atoms with Crippen molar-refractivity contribution in [3.8, 4) is 0 Å². The summed E-state index contributed by atoms with van der Waals surface area (Å²) in [5.41, 5.74) is 7.36. The molecule has 1 aliphatic heterocycles. The number of hydrogen-bond donors (Lipinski definition) is 2. The van der Waals surface area contributed by atoms with Crippen LogP contribution in [-0.2, 0) is 0 Å². The number of likely N-dealkylation sites (tertiary alicyclic amines) is 1. The van der Waals surface area contributed by atoms with Crippen molar-refractivity contribution in [2.75, 3.05) is 18.8 Å². The summed E-state index contributed by atoms with van der Waals surface area (Å²) in [4.78, 5) is 2.49. The molecular weight excluding hydrogens is 224 g/mol. The molecule has 100 valence electrons. The van der Waals surface area contributed by atoms with Crippen LogP contribution < -0.4 is 5.73 Å². The van der Waals surface area contributed by atoms with Crippen LogP contribution in [0.5, 0.6) is 0 Å². The average molecular weight is 248 g/mol. The van der Waals surface area contributed by atoms with Gasteiger partial charge in [-0.2, -0.15) is 0 Å². The van der Waals surface area contributed by atoms with Crippen LogP contribution in [0.4, 0.5) is 5.69 Å². The molecule has 2 unspecified atom stereocenters. The molecule has 0 aliphatic carbocycles. The fourth-order valence-corrected chi connectivity index (χ4v) is 2.66. The minimum absolute atomic E-state index is 0.375. The van der Waals surface area contributed by atoms with Crippen LogP contribution in [0.25, 0.3) is 0 Å².